The van der Waals surface area contributed by atoms with Crippen molar-refractivity contribution in [1.82, 2.24) is 4.57 Å². The van der Waals surface area contributed by atoms with Gasteiger partial charge in [-0.1, -0.05) is 121 Å². The number of nitrogens with zero attached hydrogens (tertiary/aromatic N) is 2. The van der Waals surface area contributed by atoms with Crippen molar-refractivity contribution < 1.29 is 4.42 Å². The first-order valence-corrected chi connectivity index (χ1v) is 19.8. The first kappa shape index (κ1) is 31.2. The predicted molar refractivity (Wildman–Crippen MR) is 239 cm³/mol. The number of anilines is 3. The van der Waals surface area contributed by atoms with E-state index in [2.05, 4.69) is 204 Å². The Morgan fingerprint density at radius 3 is 2.04 bits per heavy atom. The van der Waals surface area contributed by atoms with E-state index in [0.717, 1.165) is 50.1 Å². The van der Waals surface area contributed by atoms with Crippen molar-refractivity contribution >= 4 is 103 Å². The van der Waals surface area contributed by atoms with Crippen LogP contribution in [0.25, 0.3) is 91.5 Å². The first-order chi connectivity index (χ1) is 27.8. The Hall–Kier alpha value is -7.14. The van der Waals surface area contributed by atoms with E-state index in [1.54, 1.807) is 0 Å². The van der Waals surface area contributed by atoms with Crippen LogP contribution in [0, 0.1) is 0 Å². The molecule has 3 nitrogen and oxygen atoms in total. The molecule has 3 heterocycles. The highest BCUT2D eigenvalue weighted by Gasteiger charge is 2.22. The summed E-state index contributed by atoms with van der Waals surface area (Å²) in [6.45, 7) is 0. The maximum absolute atomic E-state index is 6.70. The minimum absolute atomic E-state index is 0.875. The van der Waals surface area contributed by atoms with E-state index < -0.39 is 0 Å². The molecule has 0 aliphatic heterocycles. The van der Waals surface area contributed by atoms with Gasteiger partial charge in [0.1, 0.15) is 11.2 Å². The van der Waals surface area contributed by atoms with E-state index >= 15 is 0 Å². The molecular formula is C52H32N2OS. The molecule has 0 amide bonds. The SMILES string of the molecule is c1ccc(-n2c3ccccc3c3c(-c4ccc(N(c5ccc6c(c5)sc5ccccc56)c5cccc6oc7c8ccccc8ccc7c56)cc4)cccc32)cc1. The van der Waals surface area contributed by atoms with Crippen LogP contribution in [-0.2, 0) is 0 Å². The molecule has 12 aromatic rings. The Balaban J connectivity index is 1.07. The molecule has 9 aromatic carbocycles. The fourth-order valence-electron chi connectivity index (χ4n) is 8.91. The van der Waals surface area contributed by atoms with Gasteiger partial charge in [0, 0.05) is 58.8 Å². The zero-order valence-corrected chi connectivity index (χ0v) is 31.0. The van der Waals surface area contributed by atoms with Crippen molar-refractivity contribution in [2.24, 2.45) is 0 Å². The molecule has 0 N–H and O–H groups in total. The molecule has 12 rings (SSSR count). The van der Waals surface area contributed by atoms with Crippen LogP contribution < -0.4 is 4.90 Å². The van der Waals surface area contributed by atoms with Crippen LogP contribution in [-0.4, -0.2) is 4.57 Å². The lowest BCUT2D eigenvalue weighted by molar-refractivity contribution is 0.672. The van der Waals surface area contributed by atoms with Gasteiger partial charge < -0.3 is 13.9 Å². The fourth-order valence-corrected chi connectivity index (χ4v) is 10.0. The third-order valence-corrected chi connectivity index (χ3v) is 12.5. The average molecular weight is 733 g/mol. The monoisotopic (exact) mass is 732 g/mol. The van der Waals surface area contributed by atoms with Crippen LogP contribution in [0.4, 0.5) is 17.1 Å². The van der Waals surface area contributed by atoms with Gasteiger partial charge in [0.2, 0.25) is 0 Å². The summed E-state index contributed by atoms with van der Waals surface area (Å²) in [4.78, 5) is 2.40. The molecule has 0 bridgehead atoms. The predicted octanol–water partition coefficient (Wildman–Crippen LogP) is 15.3. The van der Waals surface area contributed by atoms with E-state index in [-0.39, 0.29) is 0 Å². The molecule has 0 radical (unpaired) electrons. The second-order valence-electron chi connectivity index (χ2n) is 14.5. The van der Waals surface area contributed by atoms with Gasteiger partial charge in [-0.15, -0.1) is 11.3 Å². The zero-order chi connectivity index (χ0) is 36.7. The Kier molecular flexibility index (Phi) is 6.80. The van der Waals surface area contributed by atoms with Crippen LogP contribution in [0.2, 0.25) is 0 Å². The summed E-state index contributed by atoms with van der Waals surface area (Å²) in [6, 6.07) is 70.2. The van der Waals surface area contributed by atoms with Gasteiger partial charge in [0.15, 0.2) is 0 Å². The maximum atomic E-state index is 6.70. The molecule has 4 heteroatoms. The summed E-state index contributed by atoms with van der Waals surface area (Å²) >= 11 is 1.85. The second kappa shape index (κ2) is 12.2. The molecule has 3 aromatic heterocycles. The topological polar surface area (TPSA) is 21.3 Å². The van der Waals surface area contributed by atoms with Gasteiger partial charge in [-0.05, 0) is 89.3 Å². The van der Waals surface area contributed by atoms with Crippen LogP contribution in [0.5, 0.6) is 0 Å². The molecule has 56 heavy (non-hydrogen) atoms. The van der Waals surface area contributed by atoms with Crippen molar-refractivity contribution in [1.29, 1.82) is 0 Å². The number of hydrogen-bond donors (Lipinski definition) is 0. The van der Waals surface area contributed by atoms with Gasteiger partial charge in [0.25, 0.3) is 0 Å². The maximum Gasteiger partial charge on any atom is 0.143 e. The Labute approximate surface area is 326 Å². The highest BCUT2D eigenvalue weighted by molar-refractivity contribution is 7.25. The summed E-state index contributed by atoms with van der Waals surface area (Å²) in [6.07, 6.45) is 0. The standard InChI is InChI=1S/C52H32N2OS/c1-2-13-35(14-3-1)54-44-19-8-6-17-42(44)50-38(18-10-20-45(50)54)34-24-27-36(28-25-34)53(37-29-31-41-40-16-7-9-23-48(40)56-49(41)32-37)46-21-11-22-47-51(46)43-30-26-33-12-4-5-15-39(33)52(43)55-47/h1-32H. The lowest BCUT2D eigenvalue weighted by Crippen LogP contribution is -2.10. The summed E-state index contributed by atoms with van der Waals surface area (Å²) < 4.78 is 11.6. The van der Waals surface area contributed by atoms with E-state index in [1.807, 2.05) is 11.3 Å². The van der Waals surface area contributed by atoms with E-state index in [0.29, 0.717) is 0 Å². The van der Waals surface area contributed by atoms with Gasteiger partial charge in [-0.3, -0.25) is 0 Å². The van der Waals surface area contributed by atoms with E-state index in [4.69, 9.17) is 4.42 Å². The number of fused-ring (bicyclic) bond motifs is 11. The van der Waals surface area contributed by atoms with Gasteiger partial charge in [-0.2, -0.15) is 0 Å². The molecule has 0 fully saturated rings. The van der Waals surface area contributed by atoms with Crippen LogP contribution in [0.15, 0.2) is 199 Å². The first-order valence-electron chi connectivity index (χ1n) is 19.0. The zero-order valence-electron chi connectivity index (χ0n) is 30.2. The molecule has 0 spiro atoms. The molecule has 0 saturated carbocycles. The lowest BCUT2D eigenvalue weighted by atomic mass is 9.98. The molecule has 0 atom stereocenters. The quantitative estimate of drug-likeness (QED) is 0.176. The minimum atomic E-state index is 0.875. The number of para-hydroxylation sites is 2. The van der Waals surface area contributed by atoms with E-state index in [9.17, 15) is 0 Å². The van der Waals surface area contributed by atoms with Crippen LogP contribution in [0.1, 0.15) is 0 Å². The van der Waals surface area contributed by atoms with E-state index in [1.165, 1.54) is 58.5 Å². The third kappa shape index (κ3) is 4.63. The van der Waals surface area contributed by atoms with Crippen molar-refractivity contribution in [3.05, 3.63) is 194 Å². The normalized spacial score (nSPS) is 11.9. The minimum Gasteiger partial charge on any atom is -0.455 e. The number of rotatable bonds is 5. The summed E-state index contributed by atoms with van der Waals surface area (Å²) in [5.41, 5.74) is 11.0. The summed E-state index contributed by atoms with van der Waals surface area (Å²) in [7, 11) is 0. The number of aromatic nitrogens is 1. The molecule has 262 valence electrons. The Morgan fingerprint density at radius 1 is 0.446 bits per heavy atom. The van der Waals surface area contributed by atoms with Crippen LogP contribution >= 0.6 is 11.3 Å². The highest BCUT2D eigenvalue weighted by atomic mass is 32.1. The van der Waals surface area contributed by atoms with Crippen molar-refractivity contribution in [3.8, 4) is 16.8 Å². The number of thiophene rings is 1. The highest BCUT2D eigenvalue weighted by Crippen LogP contribution is 2.47. The van der Waals surface area contributed by atoms with Crippen molar-refractivity contribution in [2.45, 2.75) is 0 Å². The second-order valence-corrected chi connectivity index (χ2v) is 15.5. The number of benzene rings is 9. The molecule has 0 aliphatic rings. The largest absolute Gasteiger partial charge is 0.455 e. The summed E-state index contributed by atoms with van der Waals surface area (Å²) in [5, 5.41) is 9.60. The number of furan rings is 1. The third-order valence-electron chi connectivity index (χ3n) is 11.4. The Morgan fingerprint density at radius 2 is 1.14 bits per heavy atom. The molecular weight excluding hydrogens is 701 g/mol. The fraction of sp³-hybridized carbons (Fsp3) is 0. The molecule has 0 aliphatic carbocycles. The van der Waals surface area contributed by atoms with Crippen molar-refractivity contribution in [3.63, 3.8) is 0 Å². The Bertz CT molecular complexity index is 3480. The average Bonchev–Trinajstić information content (AvgIpc) is 3.94. The summed E-state index contributed by atoms with van der Waals surface area (Å²) in [5.74, 6) is 0. The smallest absolute Gasteiger partial charge is 0.143 e. The molecule has 0 saturated heterocycles. The number of hydrogen-bond acceptors (Lipinski definition) is 3. The van der Waals surface area contributed by atoms with Gasteiger partial charge in [0.05, 0.1) is 22.1 Å². The molecule has 0 unspecified atom stereocenters. The van der Waals surface area contributed by atoms with Crippen LogP contribution in [0.3, 0.4) is 0 Å². The van der Waals surface area contributed by atoms with Gasteiger partial charge in [-0.25, -0.2) is 0 Å². The lowest BCUT2D eigenvalue weighted by Gasteiger charge is -2.26. The van der Waals surface area contributed by atoms with Gasteiger partial charge >= 0.3 is 0 Å². The van der Waals surface area contributed by atoms with Crippen molar-refractivity contribution in [2.75, 3.05) is 4.90 Å².